The van der Waals surface area contributed by atoms with Crippen molar-refractivity contribution in [2.75, 3.05) is 13.2 Å². The number of fused-ring (bicyclic) bond motifs is 3. The molecule has 0 fully saturated rings. The van der Waals surface area contributed by atoms with E-state index in [9.17, 15) is 23.1 Å². The molecular weight excluding hydrogens is 554 g/mol. The summed E-state index contributed by atoms with van der Waals surface area (Å²) in [7, 11) is -4.06. The molecule has 9 heteroatoms. The normalized spacial score (nSPS) is 13.1. The molecule has 0 bridgehead atoms. The van der Waals surface area contributed by atoms with E-state index in [1.54, 1.807) is 19.1 Å². The molecule has 0 radical (unpaired) electrons. The van der Waals surface area contributed by atoms with Gasteiger partial charge in [0.1, 0.15) is 18.4 Å². The SMILES string of the molecule is CCOC(=O)[C@H](Cc1ccc(O)cc1S(=O)(=O)c1ccc(C)cc1)NC(=O)OCC1c2ccccc2-c2ccccc21. The molecule has 2 N–H and O–H groups in total. The highest BCUT2D eigenvalue weighted by atomic mass is 32.2. The number of rotatable bonds is 9. The van der Waals surface area contributed by atoms with Crippen LogP contribution in [0.2, 0.25) is 0 Å². The minimum Gasteiger partial charge on any atom is -0.508 e. The maximum atomic E-state index is 13.5. The zero-order chi connectivity index (χ0) is 29.9. The van der Waals surface area contributed by atoms with Crippen molar-refractivity contribution >= 4 is 21.9 Å². The van der Waals surface area contributed by atoms with Gasteiger partial charge in [-0.3, -0.25) is 0 Å². The predicted octanol–water partition coefficient (Wildman–Crippen LogP) is 5.55. The van der Waals surface area contributed by atoms with Crippen LogP contribution in [-0.4, -0.2) is 44.8 Å². The van der Waals surface area contributed by atoms with Gasteiger partial charge in [0, 0.05) is 12.3 Å². The van der Waals surface area contributed by atoms with Crippen molar-refractivity contribution in [2.45, 2.75) is 42.0 Å². The maximum absolute atomic E-state index is 13.5. The molecule has 1 aliphatic carbocycles. The van der Waals surface area contributed by atoms with E-state index in [-0.39, 0.29) is 46.7 Å². The Morgan fingerprint density at radius 2 is 1.50 bits per heavy atom. The highest BCUT2D eigenvalue weighted by molar-refractivity contribution is 7.91. The topological polar surface area (TPSA) is 119 Å². The largest absolute Gasteiger partial charge is 0.508 e. The Morgan fingerprint density at radius 1 is 0.881 bits per heavy atom. The van der Waals surface area contributed by atoms with E-state index in [0.717, 1.165) is 33.9 Å². The summed E-state index contributed by atoms with van der Waals surface area (Å²) < 4.78 is 37.9. The summed E-state index contributed by atoms with van der Waals surface area (Å²) in [5.74, 6) is -1.16. The number of hydrogen-bond acceptors (Lipinski definition) is 7. The molecule has 1 amide bonds. The fourth-order valence-corrected chi connectivity index (χ4v) is 6.77. The van der Waals surface area contributed by atoms with Crippen LogP contribution in [0.25, 0.3) is 11.1 Å². The Kier molecular flexibility index (Phi) is 8.31. The van der Waals surface area contributed by atoms with Gasteiger partial charge in [0.25, 0.3) is 0 Å². The molecule has 0 heterocycles. The van der Waals surface area contributed by atoms with Gasteiger partial charge in [0.2, 0.25) is 9.84 Å². The third-order valence-corrected chi connectivity index (χ3v) is 9.15. The van der Waals surface area contributed by atoms with Crippen molar-refractivity contribution < 1.29 is 32.6 Å². The zero-order valence-electron chi connectivity index (χ0n) is 23.2. The predicted molar refractivity (Wildman–Crippen MR) is 157 cm³/mol. The highest BCUT2D eigenvalue weighted by Gasteiger charge is 2.31. The number of carbonyl (C=O) groups excluding carboxylic acids is 2. The summed E-state index contributed by atoms with van der Waals surface area (Å²) in [6, 6.07) is 24.8. The van der Waals surface area contributed by atoms with E-state index in [4.69, 9.17) is 9.47 Å². The third kappa shape index (κ3) is 5.87. The molecule has 0 unspecified atom stereocenters. The molecule has 0 saturated heterocycles. The van der Waals surface area contributed by atoms with Crippen LogP contribution in [0.4, 0.5) is 4.79 Å². The van der Waals surface area contributed by atoms with Crippen LogP contribution in [0.1, 0.15) is 35.1 Å². The summed E-state index contributed by atoms with van der Waals surface area (Å²) in [4.78, 5) is 25.8. The van der Waals surface area contributed by atoms with Crippen LogP contribution in [-0.2, 0) is 30.5 Å². The molecule has 0 saturated carbocycles. The Bertz CT molecular complexity index is 1690. The van der Waals surface area contributed by atoms with Crippen LogP contribution < -0.4 is 5.32 Å². The number of sulfone groups is 1. The molecule has 1 atom stereocenters. The minimum atomic E-state index is -4.06. The second kappa shape index (κ2) is 12.1. The number of amides is 1. The Labute approximate surface area is 244 Å². The molecule has 5 rings (SSSR count). The second-order valence-corrected chi connectivity index (χ2v) is 12.0. The lowest BCUT2D eigenvalue weighted by molar-refractivity contribution is -0.145. The first kappa shape index (κ1) is 28.9. The number of benzene rings is 4. The molecule has 8 nitrogen and oxygen atoms in total. The lowest BCUT2D eigenvalue weighted by Gasteiger charge is -2.20. The van der Waals surface area contributed by atoms with Gasteiger partial charge < -0.3 is 19.9 Å². The first-order chi connectivity index (χ1) is 20.2. The van der Waals surface area contributed by atoms with Crippen LogP contribution in [0.5, 0.6) is 5.75 Å². The smallest absolute Gasteiger partial charge is 0.407 e. The van der Waals surface area contributed by atoms with Gasteiger partial charge >= 0.3 is 12.1 Å². The number of esters is 1. The number of ether oxygens (including phenoxy) is 2. The Balaban J connectivity index is 1.37. The van der Waals surface area contributed by atoms with E-state index >= 15 is 0 Å². The standard InChI is InChI=1S/C33H31NO7S/c1-3-40-32(36)30(18-22-14-15-23(35)19-31(22)42(38,39)24-16-12-21(2)13-17-24)34-33(37)41-20-29-27-10-6-4-8-25(27)26-9-5-7-11-28(26)29/h4-17,19,29-30,35H,3,18,20H2,1-2H3,(H,34,37)/t30-/m0/s1. The number of alkyl carbamates (subject to hydrolysis) is 1. The van der Waals surface area contributed by atoms with E-state index in [2.05, 4.69) is 5.32 Å². The molecule has 1 aliphatic rings. The molecule has 42 heavy (non-hydrogen) atoms. The van der Waals surface area contributed by atoms with Crippen LogP contribution >= 0.6 is 0 Å². The maximum Gasteiger partial charge on any atom is 0.407 e. The summed E-state index contributed by atoms with van der Waals surface area (Å²) in [5, 5.41) is 12.7. The van der Waals surface area contributed by atoms with Crippen molar-refractivity contribution in [2.24, 2.45) is 0 Å². The Morgan fingerprint density at radius 3 is 2.12 bits per heavy atom. The Hall–Kier alpha value is -4.63. The van der Waals surface area contributed by atoms with Gasteiger partial charge in [-0.25, -0.2) is 18.0 Å². The van der Waals surface area contributed by atoms with Gasteiger partial charge in [-0.15, -0.1) is 0 Å². The second-order valence-electron chi connectivity index (χ2n) is 10.1. The molecule has 4 aromatic rings. The first-order valence-electron chi connectivity index (χ1n) is 13.6. The van der Waals surface area contributed by atoms with Crippen LogP contribution in [0.15, 0.2) is 101 Å². The highest BCUT2D eigenvalue weighted by Crippen LogP contribution is 2.44. The molecule has 0 aromatic heterocycles. The van der Waals surface area contributed by atoms with Gasteiger partial charge in [-0.1, -0.05) is 72.3 Å². The van der Waals surface area contributed by atoms with Crippen molar-refractivity contribution in [1.82, 2.24) is 5.32 Å². The van der Waals surface area contributed by atoms with E-state index in [1.165, 1.54) is 24.3 Å². The lowest BCUT2D eigenvalue weighted by Crippen LogP contribution is -2.44. The summed E-state index contributed by atoms with van der Waals surface area (Å²) in [6.45, 7) is 3.58. The average Bonchev–Trinajstić information content (AvgIpc) is 3.30. The monoisotopic (exact) mass is 585 g/mol. The number of nitrogens with one attached hydrogen (secondary N) is 1. The first-order valence-corrected chi connectivity index (χ1v) is 15.1. The minimum absolute atomic E-state index is 0.0390. The number of aryl methyl sites for hydroxylation is 1. The number of carbonyl (C=O) groups is 2. The van der Waals surface area contributed by atoms with Gasteiger partial charge in [0.05, 0.1) is 16.4 Å². The molecule has 216 valence electrons. The van der Waals surface area contributed by atoms with E-state index in [1.807, 2.05) is 55.5 Å². The van der Waals surface area contributed by atoms with Crippen LogP contribution in [0, 0.1) is 6.92 Å². The summed E-state index contributed by atoms with van der Waals surface area (Å²) >= 11 is 0. The number of phenols is 1. The van der Waals surface area contributed by atoms with Gasteiger partial charge in [0.15, 0.2) is 0 Å². The van der Waals surface area contributed by atoms with Crippen LogP contribution in [0.3, 0.4) is 0 Å². The van der Waals surface area contributed by atoms with Gasteiger partial charge in [-0.2, -0.15) is 0 Å². The fourth-order valence-electron chi connectivity index (χ4n) is 5.24. The molecule has 4 aromatic carbocycles. The van der Waals surface area contributed by atoms with Crippen molar-refractivity contribution in [1.29, 1.82) is 0 Å². The van der Waals surface area contributed by atoms with E-state index in [0.29, 0.717) is 0 Å². The van der Waals surface area contributed by atoms with Gasteiger partial charge in [-0.05, 0) is 65.9 Å². The van der Waals surface area contributed by atoms with Crippen molar-refractivity contribution in [3.05, 3.63) is 113 Å². The lowest BCUT2D eigenvalue weighted by atomic mass is 9.98. The third-order valence-electron chi connectivity index (χ3n) is 7.30. The number of phenolic OH excluding ortho intramolecular Hbond substituents is 1. The summed E-state index contributed by atoms with van der Waals surface area (Å²) in [5.41, 5.74) is 5.37. The average molecular weight is 586 g/mol. The zero-order valence-corrected chi connectivity index (χ0v) is 24.1. The fraction of sp³-hybridized carbons (Fsp3) is 0.212. The molecular formula is C33H31NO7S. The summed E-state index contributed by atoms with van der Waals surface area (Å²) in [6.07, 6.45) is -1.04. The quantitative estimate of drug-likeness (QED) is 0.247. The van der Waals surface area contributed by atoms with E-state index < -0.39 is 27.9 Å². The molecule has 0 aliphatic heterocycles. The molecule has 0 spiro atoms. The number of hydrogen-bond donors (Lipinski definition) is 2. The number of aromatic hydroxyl groups is 1. The van der Waals surface area contributed by atoms with Crippen molar-refractivity contribution in [3.63, 3.8) is 0 Å². The van der Waals surface area contributed by atoms with Crippen molar-refractivity contribution in [3.8, 4) is 16.9 Å².